The summed E-state index contributed by atoms with van der Waals surface area (Å²) >= 11 is 0. The lowest BCUT2D eigenvalue weighted by Crippen LogP contribution is -2.37. The number of halogens is 3. The first-order valence-electron chi connectivity index (χ1n) is 6.36. The van der Waals surface area contributed by atoms with E-state index in [9.17, 15) is 22.8 Å². The van der Waals surface area contributed by atoms with Gasteiger partial charge in [-0.3, -0.25) is 9.59 Å². The minimum atomic E-state index is -4.29. The molecule has 2 rings (SSSR count). The molecular formula is C12H16F3NO3. The number of rotatable bonds is 6. The first-order valence-corrected chi connectivity index (χ1v) is 6.36. The van der Waals surface area contributed by atoms with Crippen molar-refractivity contribution in [2.24, 2.45) is 17.8 Å². The molecule has 7 heteroatoms. The van der Waals surface area contributed by atoms with Crippen LogP contribution >= 0.6 is 0 Å². The standard InChI is InChI=1S/C12H16F3NO3/c13-12(14,15)3-4-16(6-7-1-2-7)10(17)8-5-9(8)11(18)19/h7-9H,1-6H2,(H,18,19). The molecule has 4 nitrogen and oxygen atoms in total. The lowest BCUT2D eigenvalue weighted by atomic mass is 10.2. The number of carbonyl (C=O) groups excluding carboxylic acids is 1. The molecule has 0 radical (unpaired) electrons. The Labute approximate surface area is 108 Å². The molecule has 0 aliphatic heterocycles. The zero-order chi connectivity index (χ0) is 14.2. The van der Waals surface area contributed by atoms with Crippen LogP contribution in [0.5, 0.6) is 0 Å². The average Bonchev–Trinajstić information content (AvgIpc) is 3.13. The van der Waals surface area contributed by atoms with Crippen LogP contribution in [0.2, 0.25) is 0 Å². The maximum atomic E-state index is 12.2. The van der Waals surface area contributed by atoms with Crippen molar-refractivity contribution in [2.75, 3.05) is 13.1 Å². The van der Waals surface area contributed by atoms with Crippen molar-refractivity contribution in [1.82, 2.24) is 4.90 Å². The van der Waals surface area contributed by atoms with Gasteiger partial charge in [0.05, 0.1) is 18.3 Å². The molecule has 108 valence electrons. The van der Waals surface area contributed by atoms with E-state index in [2.05, 4.69) is 0 Å². The number of aliphatic carboxylic acids is 1. The van der Waals surface area contributed by atoms with Crippen molar-refractivity contribution in [1.29, 1.82) is 0 Å². The molecule has 2 saturated carbocycles. The van der Waals surface area contributed by atoms with Crippen molar-refractivity contribution in [2.45, 2.75) is 31.9 Å². The van der Waals surface area contributed by atoms with E-state index in [0.29, 0.717) is 12.5 Å². The number of carboxylic acid groups (broad SMARTS) is 1. The van der Waals surface area contributed by atoms with Gasteiger partial charge in [0, 0.05) is 13.1 Å². The Hall–Kier alpha value is -1.27. The Balaban J connectivity index is 1.89. The number of nitrogens with zero attached hydrogens (tertiary/aromatic N) is 1. The predicted molar refractivity (Wildman–Crippen MR) is 59.2 cm³/mol. The van der Waals surface area contributed by atoms with Crippen LogP contribution < -0.4 is 0 Å². The zero-order valence-corrected chi connectivity index (χ0v) is 10.3. The molecule has 0 aromatic heterocycles. The van der Waals surface area contributed by atoms with Crippen molar-refractivity contribution >= 4 is 11.9 Å². The van der Waals surface area contributed by atoms with Crippen LogP contribution in [0.1, 0.15) is 25.7 Å². The van der Waals surface area contributed by atoms with Crippen molar-refractivity contribution in [3.05, 3.63) is 0 Å². The summed E-state index contributed by atoms with van der Waals surface area (Å²) in [5.74, 6) is -2.51. The second-order valence-corrected chi connectivity index (χ2v) is 5.38. The molecule has 0 aromatic carbocycles. The number of alkyl halides is 3. The highest BCUT2D eigenvalue weighted by Gasteiger charge is 2.50. The van der Waals surface area contributed by atoms with E-state index in [-0.39, 0.29) is 13.0 Å². The van der Waals surface area contributed by atoms with E-state index < -0.39 is 36.3 Å². The number of carbonyl (C=O) groups is 2. The van der Waals surface area contributed by atoms with Gasteiger partial charge in [-0.25, -0.2) is 0 Å². The van der Waals surface area contributed by atoms with Gasteiger partial charge in [0.25, 0.3) is 0 Å². The summed E-state index contributed by atoms with van der Waals surface area (Å²) < 4.78 is 36.7. The Morgan fingerprint density at radius 2 is 1.84 bits per heavy atom. The Bertz CT molecular complexity index is 379. The van der Waals surface area contributed by atoms with Crippen molar-refractivity contribution in [3.63, 3.8) is 0 Å². The third-order valence-electron chi connectivity index (χ3n) is 3.58. The summed E-state index contributed by atoms with van der Waals surface area (Å²) in [5.41, 5.74) is 0. The highest BCUT2D eigenvalue weighted by Crippen LogP contribution is 2.41. The molecule has 2 aliphatic carbocycles. The van der Waals surface area contributed by atoms with Crippen LogP contribution in [-0.4, -0.2) is 41.1 Å². The summed E-state index contributed by atoms with van der Waals surface area (Å²) in [6, 6.07) is 0. The smallest absolute Gasteiger partial charge is 0.390 e. The quantitative estimate of drug-likeness (QED) is 0.808. The van der Waals surface area contributed by atoms with Gasteiger partial charge in [-0.05, 0) is 25.2 Å². The first-order chi connectivity index (χ1) is 8.78. The van der Waals surface area contributed by atoms with Crippen molar-refractivity contribution in [3.8, 4) is 0 Å². The lowest BCUT2D eigenvalue weighted by Gasteiger charge is -2.23. The van der Waals surface area contributed by atoms with Gasteiger partial charge in [0.2, 0.25) is 5.91 Å². The van der Waals surface area contributed by atoms with Gasteiger partial charge >= 0.3 is 12.1 Å². The zero-order valence-electron chi connectivity index (χ0n) is 10.3. The third-order valence-corrected chi connectivity index (χ3v) is 3.58. The fourth-order valence-electron chi connectivity index (χ4n) is 2.14. The molecule has 2 atom stereocenters. The molecule has 1 amide bonds. The fourth-order valence-corrected chi connectivity index (χ4v) is 2.14. The fraction of sp³-hybridized carbons (Fsp3) is 0.833. The molecular weight excluding hydrogens is 263 g/mol. The minimum absolute atomic E-state index is 0.251. The molecule has 0 bridgehead atoms. The van der Waals surface area contributed by atoms with Gasteiger partial charge in [-0.1, -0.05) is 0 Å². The SMILES string of the molecule is O=C(O)C1CC1C(=O)N(CCC(F)(F)F)CC1CC1. The molecule has 0 saturated heterocycles. The van der Waals surface area contributed by atoms with Crippen LogP contribution in [-0.2, 0) is 9.59 Å². The minimum Gasteiger partial charge on any atom is -0.481 e. The van der Waals surface area contributed by atoms with E-state index in [1.54, 1.807) is 0 Å². The molecule has 0 spiro atoms. The number of amides is 1. The first kappa shape index (κ1) is 14.1. The van der Waals surface area contributed by atoms with E-state index in [1.807, 2.05) is 0 Å². The Kier molecular flexibility index (Phi) is 3.73. The number of hydrogen-bond donors (Lipinski definition) is 1. The molecule has 2 aliphatic rings. The van der Waals surface area contributed by atoms with Crippen LogP contribution in [0, 0.1) is 17.8 Å². The topological polar surface area (TPSA) is 57.6 Å². The summed E-state index contributed by atoms with van der Waals surface area (Å²) in [6.45, 7) is -0.0283. The Morgan fingerprint density at radius 3 is 2.26 bits per heavy atom. The van der Waals surface area contributed by atoms with E-state index >= 15 is 0 Å². The summed E-state index contributed by atoms with van der Waals surface area (Å²) in [4.78, 5) is 23.9. The van der Waals surface area contributed by atoms with Crippen LogP contribution in [0.4, 0.5) is 13.2 Å². The average molecular weight is 279 g/mol. The maximum absolute atomic E-state index is 12.2. The van der Waals surface area contributed by atoms with E-state index in [1.165, 1.54) is 4.90 Å². The second kappa shape index (κ2) is 5.02. The monoisotopic (exact) mass is 279 g/mol. The van der Waals surface area contributed by atoms with Gasteiger partial charge < -0.3 is 10.0 Å². The normalized spacial score (nSPS) is 26.1. The largest absolute Gasteiger partial charge is 0.481 e. The second-order valence-electron chi connectivity index (χ2n) is 5.38. The molecule has 1 N–H and O–H groups in total. The van der Waals surface area contributed by atoms with E-state index in [0.717, 1.165) is 12.8 Å². The number of carboxylic acids is 1. The van der Waals surface area contributed by atoms with Gasteiger partial charge in [0.1, 0.15) is 0 Å². The van der Waals surface area contributed by atoms with Gasteiger partial charge in [-0.15, -0.1) is 0 Å². The lowest BCUT2D eigenvalue weighted by molar-refractivity contribution is -0.148. The molecule has 0 heterocycles. The summed E-state index contributed by atoms with van der Waals surface area (Å²) in [5, 5.41) is 8.76. The van der Waals surface area contributed by atoms with Gasteiger partial charge in [0.15, 0.2) is 0 Å². The molecule has 2 unspecified atom stereocenters. The Morgan fingerprint density at radius 1 is 1.21 bits per heavy atom. The van der Waals surface area contributed by atoms with Crippen LogP contribution in [0.15, 0.2) is 0 Å². The summed E-state index contributed by atoms with van der Waals surface area (Å²) in [6.07, 6.45) is -3.21. The maximum Gasteiger partial charge on any atom is 0.390 e. The predicted octanol–water partition coefficient (Wildman–Crippen LogP) is 1.90. The molecule has 2 fully saturated rings. The number of hydrogen-bond acceptors (Lipinski definition) is 2. The van der Waals surface area contributed by atoms with Crippen molar-refractivity contribution < 1.29 is 27.9 Å². The summed E-state index contributed by atoms with van der Waals surface area (Å²) in [7, 11) is 0. The van der Waals surface area contributed by atoms with E-state index in [4.69, 9.17) is 5.11 Å². The highest BCUT2D eigenvalue weighted by atomic mass is 19.4. The van der Waals surface area contributed by atoms with Crippen LogP contribution in [0.25, 0.3) is 0 Å². The highest BCUT2D eigenvalue weighted by molar-refractivity contribution is 5.89. The third kappa shape index (κ3) is 4.11. The van der Waals surface area contributed by atoms with Crippen LogP contribution in [0.3, 0.4) is 0 Å². The molecule has 0 aromatic rings. The van der Waals surface area contributed by atoms with Gasteiger partial charge in [-0.2, -0.15) is 13.2 Å². The molecule has 19 heavy (non-hydrogen) atoms.